The van der Waals surface area contributed by atoms with Crippen LogP contribution in [0.2, 0.25) is 0 Å². The Morgan fingerprint density at radius 1 is 1.00 bits per heavy atom. The van der Waals surface area contributed by atoms with Crippen molar-refractivity contribution in [2.45, 2.75) is 23.0 Å². The summed E-state index contributed by atoms with van der Waals surface area (Å²) in [5, 5.41) is 17.8. The summed E-state index contributed by atoms with van der Waals surface area (Å²) in [7, 11) is -3.86. The number of hydrogen-bond acceptors (Lipinski definition) is 4. The highest BCUT2D eigenvalue weighted by molar-refractivity contribution is 7.92. The van der Waals surface area contributed by atoms with Crippen LogP contribution in [0.1, 0.15) is 17.0 Å². The van der Waals surface area contributed by atoms with Crippen molar-refractivity contribution in [2.75, 3.05) is 0 Å². The van der Waals surface area contributed by atoms with Gasteiger partial charge in [0.2, 0.25) is 0 Å². The van der Waals surface area contributed by atoms with Crippen molar-refractivity contribution in [1.82, 2.24) is 0 Å². The standard InChI is InChI=1S/C18H13FN2O2S/c1-12-2-8-15(9-3-12)24(22,23)17-16(18(17,10-20)11-21)13-4-6-14(19)7-5-13/h2-9,16-17H,1H3/t16-,17-/m1/s1. The highest BCUT2D eigenvalue weighted by Crippen LogP contribution is 2.63. The molecule has 0 heterocycles. The predicted octanol–water partition coefficient (Wildman–Crippen LogP) is 3.11. The molecule has 1 aliphatic carbocycles. The first-order valence-corrected chi connectivity index (χ1v) is 8.80. The fourth-order valence-electron chi connectivity index (χ4n) is 3.05. The van der Waals surface area contributed by atoms with Gasteiger partial charge in [-0.15, -0.1) is 0 Å². The highest BCUT2D eigenvalue weighted by Gasteiger charge is 2.73. The molecule has 4 nitrogen and oxygen atoms in total. The summed E-state index contributed by atoms with van der Waals surface area (Å²) in [6.45, 7) is 1.84. The first-order valence-electron chi connectivity index (χ1n) is 7.25. The second-order valence-electron chi connectivity index (χ2n) is 5.90. The van der Waals surface area contributed by atoms with Crippen LogP contribution in [0.4, 0.5) is 4.39 Å². The lowest BCUT2D eigenvalue weighted by molar-refractivity contribution is 0.591. The molecule has 0 bridgehead atoms. The Labute approximate surface area is 139 Å². The molecule has 1 saturated carbocycles. The number of nitriles is 2. The number of aryl methyl sites for hydroxylation is 1. The Morgan fingerprint density at radius 2 is 1.54 bits per heavy atom. The molecule has 0 N–H and O–H groups in total. The maximum absolute atomic E-state index is 13.1. The molecule has 2 atom stereocenters. The molecule has 0 unspecified atom stereocenters. The second kappa shape index (κ2) is 5.43. The highest BCUT2D eigenvalue weighted by atomic mass is 32.2. The van der Waals surface area contributed by atoms with Crippen molar-refractivity contribution in [3.05, 3.63) is 65.5 Å². The van der Waals surface area contributed by atoms with Gasteiger partial charge in [-0.05, 0) is 36.8 Å². The lowest BCUT2D eigenvalue weighted by Crippen LogP contribution is -2.14. The Bertz CT molecular complexity index is 954. The summed E-state index contributed by atoms with van der Waals surface area (Å²) in [4.78, 5) is 0.0811. The second-order valence-corrected chi connectivity index (χ2v) is 7.97. The monoisotopic (exact) mass is 340 g/mol. The summed E-state index contributed by atoms with van der Waals surface area (Å²) in [5.74, 6) is -1.25. The molecule has 6 heteroatoms. The van der Waals surface area contributed by atoms with Gasteiger partial charge in [-0.3, -0.25) is 0 Å². The fraction of sp³-hybridized carbons (Fsp3) is 0.222. The van der Waals surface area contributed by atoms with Gasteiger partial charge in [0.05, 0.1) is 17.0 Å². The third-order valence-electron chi connectivity index (χ3n) is 4.42. The van der Waals surface area contributed by atoms with Crippen LogP contribution in [0.25, 0.3) is 0 Å². The molecule has 1 fully saturated rings. The van der Waals surface area contributed by atoms with E-state index in [1.165, 1.54) is 36.4 Å². The summed E-state index contributed by atoms with van der Waals surface area (Å²) in [6.07, 6.45) is 0. The lowest BCUT2D eigenvalue weighted by Gasteiger charge is -2.04. The average Bonchev–Trinajstić information content (AvgIpc) is 3.26. The van der Waals surface area contributed by atoms with Crippen molar-refractivity contribution in [1.29, 1.82) is 10.5 Å². The Kier molecular flexibility index (Phi) is 3.66. The number of halogens is 1. The minimum atomic E-state index is -3.86. The van der Waals surface area contributed by atoms with E-state index in [0.717, 1.165) is 5.56 Å². The van der Waals surface area contributed by atoms with E-state index in [-0.39, 0.29) is 4.90 Å². The number of sulfone groups is 1. The van der Waals surface area contributed by atoms with E-state index in [1.807, 2.05) is 19.1 Å². The predicted molar refractivity (Wildman–Crippen MR) is 85.0 cm³/mol. The van der Waals surface area contributed by atoms with Gasteiger partial charge < -0.3 is 0 Å². The van der Waals surface area contributed by atoms with Crippen LogP contribution in [0, 0.1) is 40.8 Å². The summed E-state index contributed by atoms with van der Waals surface area (Å²) >= 11 is 0. The van der Waals surface area contributed by atoms with Gasteiger partial charge in [-0.1, -0.05) is 29.8 Å². The van der Waals surface area contributed by atoms with Crippen LogP contribution in [-0.4, -0.2) is 13.7 Å². The number of rotatable bonds is 3. The van der Waals surface area contributed by atoms with Gasteiger partial charge in [0.1, 0.15) is 11.1 Å². The van der Waals surface area contributed by atoms with Crippen molar-refractivity contribution in [3.63, 3.8) is 0 Å². The number of nitrogens with zero attached hydrogens (tertiary/aromatic N) is 2. The number of benzene rings is 2. The molecular weight excluding hydrogens is 327 g/mol. The molecule has 2 aromatic rings. The van der Waals surface area contributed by atoms with Gasteiger partial charge in [0.15, 0.2) is 15.3 Å². The molecule has 0 saturated heterocycles. The normalized spacial score (nSPS) is 21.5. The molecule has 2 aromatic carbocycles. The molecule has 1 aliphatic rings. The zero-order valence-electron chi connectivity index (χ0n) is 12.8. The van der Waals surface area contributed by atoms with Gasteiger partial charge in [0, 0.05) is 5.92 Å². The largest absolute Gasteiger partial charge is 0.223 e. The molecule has 0 amide bonds. The first-order chi connectivity index (χ1) is 11.4. The van der Waals surface area contributed by atoms with Gasteiger partial charge in [-0.2, -0.15) is 10.5 Å². The average molecular weight is 340 g/mol. The molecule has 0 aliphatic heterocycles. The van der Waals surface area contributed by atoms with Crippen LogP contribution < -0.4 is 0 Å². The molecule has 120 valence electrons. The number of hydrogen-bond donors (Lipinski definition) is 0. The Morgan fingerprint density at radius 3 is 2.04 bits per heavy atom. The maximum atomic E-state index is 13.1. The van der Waals surface area contributed by atoms with Crippen LogP contribution in [-0.2, 0) is 9.84 Å². The topological polar surface area (TPSA) is 81.7 Å². The van der Waals surface area contributed by atoms with Crippen molar-refractivity contribution >= 4 is 9.84 Å². The van der Waals surface area contributed by atoms with E-state index < -0.39 is 32.2 Å². The minimum absolute atomic E-state index is 0.0811. The smallest absolute Gasteiger partial charge is 0.184 e. The van der Waals surface area contributed by atoms with E-state index in [1.54, 1.807) is 12.1 Å². The minimum Gasteiger partial charge on any atom is -0.223 e. The fourth-order valence-corrected chi connectivity index (χ4v) is 5.26. The van der Waals surface area contributed by atoms with Crippen LogP contribution in [0.5, 0.6) is 0 Å². The van der Waals surface area contributed by atoms with Gasteiger partial charge >= 0.3 is 0 Å². The van der Waals surface area contributed by atoms with Crippen LogP contribution >= 0.6 is 0 Å². The zero-order chi connectivity index (χ0) is 17.5. The van der Waals surface area contributed by atoms with E-state index in [0.29, 0.717) is 5.56 Å². The summed E-state index contributed by atoms with van der Waals surface area (Å²) < 4.78 is 38.9. The summed E-state index contributed by atoms with van der Waals surface area (Å²) in [6, 6.07) is 15.3. The van der Waals surface area contributed by atoms with Gasteiger partial charge in [0.25, 0.3) is 0 Å². The van der Waals surface area contributed by atoms with Gasteiger partial charge in [-0.25, -0.2) is 12.8 Å². The van der Waals surface area contributed by atoms with Crippen LogP contribution in [0.3, 0.4) is 0 Å². The zero-order valence-corrected chi connectivity index (χ0v) is 13.6. The first kappa shape index (κ1) is 16.2. The third-order valence-corrected chi connectivity index (χ3v) is 6.66. The van der Waals surface area contributed by atoms with Crippen molar-refractivity contribution in [3.8, 4) is 12.1 Å². The Hall–Kier alpha value is -2.70. The molecule has 3 rings (SSSR count). The third kappa shape index (κ3) is 2.28. The quantitative estimate of drug-likeness (QED) is 0.859. The van der Waals surface area contributed by atoms with E-state index >= 15 is 0 Å². The van der Waals surface area contributed by atoms with Crippen molar-refractivity contribution in [2.24, 2.45) is 5.41 Å². The van der Waals surface area contributed by atoms with E-state index in [2.05, 4.69) is 0 Å². The van der Waals surface area contributed by atoms with Crippen LogP contribution in [0.15, 0.2) is 53.4 Å². The molecule has 0 radical (unpaired) electrons. The van der Waals surface area contributed by atoms with E-state index in [4.69, 9.17) is 0 Å². The molecule has 0 spiro atoms. The van der Waals surface area contributed by atoms with E-state index in [9.17, 15) is 23.3 Å². The summed E-state index contributed by atoms with van der Waals surface area (Å²) in [5.41, 5.74) is -0.270. The Balaban J connectivity index is 2.09. The molecule has 0 aromatic heterocycles. The molecular formula is C18H13FN2O2S. The lowest BCUT2D eigenvalue weighted by atomic mass is 10.0. The SMILES string of the molecule is Cc1ccc(S(=O)(=O)[C@@H]2[C@@H](c3ccc(F)cc3)C2(C#N)C#N)cc1. The molecule has 24 heavy (non-hydrogen) atoms. The maximum Gasteiger partial charge on any atom is 0.184 e. The van der Waals surface area contributed by atoms with Crippen molar-refractivity contribution < 1.29 is 12.8 Å².